The molecule has 1 aliphatic carbocycles. The number of ether oxygens (including phenoxy) is 1. The van der Waals surface area contributed by atoms with Crippen LogP contribution in [0.3, 0.4) is 0 Å². The highest BCUT2D eigenvalue weighted by molar-refractivity contribution is 4.88. The van der Waals surface area contributed by atoms with Gasteiger partial charge < -0.3 is 4.74 Å². The summed E-state index contributed by atoms with van der Waals surface area (Å²) in [5, 5.41) is 0. The third-order valence-corrected chi connectivity index (χ3v) is 6.32. The predicted molar refractivity (Wildman–Crippen MR) is 99.8 cm³/mol. The van der Waals surface area contributed by atoms with Gasteiger partial charge in [-0.05, 0) is 68.6 Å². The van der Waals surface area contributed by atoms with E-state index in [1.165, 1.54) is 38.6 Å². The Morgan fingerprint density at radius 2 is 1.61 bits per heavy atom. The van der Waals surface area contributed by atoms with Gasteiger partial charge in [0.1, 0.15) is 0 Å². The number of rotatable bonds is 4. The van der Waals surface area contributed by atoms with E-state index in [1.807, 2.05) is 0 Å². The number of morpholine rings is 1. The highest BCUT2D eigenvalue weighted by Crippen LogP contribution is 2.47. The summed E-state index contributed by atoms with van der Waals surface area (Å²) in [6.45, 7) is 20.2. The molecule has 0 aromatic rings. The molecule has 0 radical (unpaired) electrons. The third-order valence-electron chi connectivity index (χ3n) is 6.32. The number of hydrogen-bond donors (Lipinski definition) is 0. The van der Waals surface area contributed by atoms with Gasteiger partial charge in [0.25, 0.3) is 0 Å². The lowest BCUT2D eigenvalue weighted by atomic mass is 9.62. The largest absolute Gasteiger partial charge is 0.373 e. The quantitative estimate of drug-likeness (QED) is 0.690. The van der Waals surface area contributed by atoms with Gasteiger partial charge in [-0.25, -0.2) is 0 Å². The average molecular weight is 324 g/mol. The fraction of sp³-hybridized carbons (Fsp3) is 1.00. The molecule has 1 saturated heterocycles. The Bertz CT molecular complexity index is 355. The van der Waals surface area contributed by atoms with Crippen LogP contribution in [0.5, 0.6) is 0 Å². The van der Waals surface area contributed by atoms with Crippen molar-refractivity contribution in [2.75, 3.05) is 19.6 Å². The van der Waals surface area contributed by atoms with E-state index in [4.69, 9.17) is 4.74 Å². The third kappa shape index (κ3) is 5.74. The van der Waals surface area contributed by atoms with Gasteiger partial charge in [-0.3, -0.25) is 4.90 Å². The molecule has 3 unspecified atom stereocenters. The molecule has 2 rings (SSSR count). The minimum atomic E-state index is 0.392. The first kappa shape index (κ1) is 19.2. The van der Waals surface area contributed by atoms with Crippen molar-refractivity contribution in [3.8, 4) is 0 Å². The maximum atomic E-state index is 5.87. The number of hydrogen-bond acceptors (Lipinski definition) is 2. The molecule has 2 nitrogen and oxygen atoms in total. The van der Waals surface area contributed by atoms with Crippen LogP contribution in [0.25, 0.3) is 0 Å². The van der Waals surface area contributed by atoms with Crippen molar-refractivity contribution in [1.29, 1.82) is 0 Å². The van der Waals surface area contributed by atoms with E-state index in [2.05, 4.69) is 53.4 Å². The van der Waals surface area contributed by atoms with Gasteiger partial charge in [-0.15, -0.1) is 0 Å². The summed E-state index contributed by atoms with van der Waals surface area (Å²) < 4.78 is 5.87. The Hall–Kier alpha value is -0.0800. The van der Waals surface area contributed by atoms with Crippen molar-refractivity contribution in [3.05, 3.63) is 0 Å². The van der Waals surface area contributed by atoms with Crippen LogP contribution < -0.4 is 0 Å². The molecule has 3 atom stereocenters. The molecule has 2 aliphatic rings. The summed E-state index contributed by atoms with van der Waals surface area (Å²) in [5.41, 5.74) is 1.07. The summed E-state index contributed by atoms with van der Waals surface area (Å²) >= 11 is 0. The summed E-state index contributed by atoms with van der Waals surface area (Å²) in [5.74, 6) is 1.72. The lowest BCUT2D eigenvalue weighted by molar-refractivity contribution is -0.0725. The molecule has 2 heteroatoms. The standard InChI is InChI=1S/C21H41NO/c1-16(13-22-14-17(2)23-18(3)15-22)12-21(7)10-8-19(9-11-21)20(4,5)6/h16-19H,8-15H2,1-7H3. The number of nitrogens with zero attached hydrogens (tertiary/aromatic N) is 1. The van der Waals surface area contributed by atoms with Gasteiger partial charge in [-0.2, -0.15) is 0 Å². The maximum Gasteiger partial charge on any atom is 0.0678 e. The molecule has 136 valence electrons. The summed E-state index contributed by atoms with van der Waals surface area (Å²) in [6.07, 6.45) is 7.89. The minimum absolute atomic E-state index is 0.392. The molecule has 0 bridgehead atoms. The first-order valence-corrected chi connectivity index (χ1v) is 9.95. The van der Waals surface area contributed by atoms with E-state index >= 15 is 0 Å². The highest BCUT2D eigenvalue weighted by atomic mass is 16.5. The fourth-order valence-corrected chi connectivity index (χ4v) is 5.16. The van der Waals surface area contributed by atoms with E-state index in [1.54, 1.807) is 0 Å². The Morgan fingerprint density at radius 3 is 2.09 bits per heavy atom. The van der Waals surface area contributed by atoms with Crippen LogP contribution >= 0.6 is 0 Å². The lowest BCUT2D eigenvalue weighted by Crippen LogP contribution is -2.47. The Kier molecular flexibility index (Phi) is 6.22. The van der Waals surface area contributed by atoms with Crippen LogP contribution in [0, 0.1) is 22.7 Å². The molecule has 2 fully saturated rings. The van der Waals surface area contributed by atoms with Gasteiger partial charge in [0.2, 0.25) is 0 Å². The molecule has 0 aromatic heterocycles. The fourth-order valence-electron chi connectivity index (χ4n) is 5.16. The minimum Gasteiger partial charge on any atom is -0.373 e. The van der Waals surface area contributed by atoms with Crippen LogP contribution in [-0.4, -0.2) is 36.7 Å². The second-order valence-corrected chi connectivity index (χ2v) is 10.2. The Labute approximate surface area is 145 Å². The van der Waals surface area contributed by atoms with E-state index in [9.17, 15) is 0 Å². The zero-order chi connectivity index (χ0) is 17.3. The van der Waals surface area contributed by atoms with Crippen LogP contribution in [0.15, 0.2) is 0 Å². The highest BCUT2D eigenvalue weighted by Gasteiger charge is 2.36. The van der Waals surface area contributed by atoms with Crippen LogP contribution in [0.4, 0.5) is 0 Å². The predicted octanol–water partition coefficient (Wildman–Crippen LogP) is 5.36. The lowest BCUT2D eigenvalue weighted by Gasteiger charge is -2.44. The molecule has 1 saturated carbocycles. The van der Waals surface area contributed by atoms with Crippen LogP contribution in [-0.2, 0) is 4.74 Å². The van der Waals surface area contributed by atoms with Gasteiger partial charge in [0.05, 0.1) is 12.2 Å². The van der Waals surface area contributed by atoms with Crippen molar-refractivity contribution in [2.45, 2.75) is 92.8 Å². The molecule has 0 amide bonds. The molecule has 1 heterocycles. The van der Waals surface area contributed by atoms with Crippen LogP contribution in [0.2, 0.25) is 0 Å². The SMILES string of the molecule is CC(CN1CC(C)OC(C)C1)CC1(C)CCC(C(C)(C)C)CC1. The van der Waals surface area contributed by atoms with E-state index in [0.717, 1.165) is 24.9 Å². The smallest absolute Gasteiger partial charge is 0.0678 e. The second-order valence-electron chi connectivity index (χ2n) is 10.2. The second kappa shape index (κ2) is 7.44. The molecule has 23 heavy (non-hydrogen) atoms. The van der Waals surface area contributed by atoms with Crippen molar-refractivity contribution in [3.63, 3.8) is 0 Å². The van der Waals surface area contributed by atoms with Gasteiger partial charge in [0, 0.05) is 19.6 Å². The molecular formula is C21H41NO. The zero-order valence-electron chi connectivity index (χ0n) is 16.8. The van der Waals surface area contributed by atoms with Crippen molar-refractivity contribution >= 4 is 0 Å². The van der Waals surface area contributed by atoms with Crippen molar-refractivity contribution in [1.82, 2.24) is 4.90 Å². The normalized spacial score (nSPS) is 38.5. The molecule has 0 spiro atoms. The summed E-state index contributed by atoms with van der Waals surface area (Å²) in [6, 6.07) is 0. The first-order chi connectivity index (χ1) is 10.6. The molecule has 1 aliphatic heterocycles. The Balaban J connectivity index is 1.80. The van der Waals surface area contributed by atoms with Gasteiger partial charge in [0.15, 0.2) is 0 Å². The van der Waals surface area contributed by atoms with E-state index < -0.39 is 0 Å². The van der Waals surface area contributed by atoms with Crippen LogP contribution in [0.1, 0.15) is 80.6 Å². The first-order valence-electron chi connectivity index (χ1n) is 9.95. The Morgan fingerprint density at radius 1 is 1.09 bits per heavy atom. The monoisotopic (exact) mass is 323 g/mol. The molecule has 0 aromatic carbocycles. The topological polar surface area (TPSA) is 12.5 Å². The average Bonchev–Trinajstić information content (AvgIpc) is 2.35. The van der Waals surface area contributed by atoms with Gasteiger partial charge >= 0.3 is 0 Å². The van der Waals surface area contributed by atoms with E-state index in [0.29, 0.717) is 23.0 Å². The molecular weight excluding hydrogens is 282 g/mol. The summed E-state index contributed by atoms with van der Waals surface area (Å²) in [4.78, 5) is 2.63. The zero-order valence-corrected chi connectivity index (χ0v) is 16.8. The van der Waals surface area contributed by atoms with Crippen molar-refractivity contribution < 1.29 is 4.74 Å². The molecule has 0 N–H and O–H groups in total. The van der Waals surface area contributed by atoms with Crippen molar-refractivity contribution in [2.24, 2.45) is 22.7 Å². The van der Waals surface area contributed by atoms with E-state index in [-0.39, 0.29) is 0 Å². The van der Waals surface area contributed by atoms with Gasteiger partial charge in [-0.1, -0.05) is 34.6 Å². The summed E-state index contributed by atoms with van der Waals surface area (Å²) in [7, 11) is 0. The maximum absolute atomic E-state index is 5.87.